The van der Waals surface area contributed by atoms with E-state index in [-0.39, 0.29) is 30.5 Å². The number of aryl methyl sites for hydroxylation is 1. The molecule has 1 atom stereocenters. The Balaban J connectivity index is 1.46. The van der Waals surface area contributed by atoms with Crippen LogP contribution < -0.4 is 10.2 Å². The first kappa shape index (κ1) is 18.8. The predicted molar refractivity (Wildman–Crippen MR) is 96.5 cm³/mol. The van der Waals surface area contributed by atoms with Crippen LogP contribution in [0.4, 0.5) is 10.1 Å². The Morgan fingerprint density at radius 1 is 1.35 bits per heavy atom. The fraction of sp³-hybridized carbons (Fsp3) is 0.579. The van der Waals surface area contributed by atoms with Crippen molar-refractivity contribution in [2.45, 2.75) is 19.8 Å². The van der Waals surface area contributed by atoms with E-state index in [1.807, 2.05) is 0 Å². The molecule has 26 heavy (non-hydrogen) atoms. The fourth-order valence-electron chi connectivity index (χ4n) is 3.43. The minimum absolute atomic E-state index is 0.128. The predicted octanol–water partition coefficient (Wildman–Crippen LogP) is 1.33. The number of halogens is 1. The van der Waals surface area contributed by atoms with Crippen molar-refractivity contribution >= 4 is 17.5 Å². The van der Waals surface area contributed by atoms with E-state index >= 15 is 0 Å². The summed E-state index contributed by atoms with van der Waals surface area (Å²) in [6.45, 7) is 6.93. The molecule has 2 amide bonds. The molecule has 0 spiro atoms. The van der Waals surface area contributed by atoms with E-state index in [0.717, 1.165) is 44.8 Å². The highest BCUT2D eigenvalue weighted by Crippen LogP contribution is 2.28. The maximum Gasteiger partial charge on any atom is 0.227 e. The highest BCUT2D eigenvalue weighted by Gasteiger charge is 2.36. The van der Waals surface area contributed by atoms with E-state index in [9.17, 15) is 14.0 Å². The average Bonchev–Trinajstić information content (AvgIpc) is 3.01. The maximum absolute atomic E-state index is 14.1. The molecule has 3 rings (SSSR count). The van der Waals surface area contributed by atoms with Gasteiger partial charge in [-0.2, -0.15) is 0 Å². The third-order valence-corrected chi connectivity index (χ3v) is 4.94. The lowest BCUT2D eigenvalue weighted by atomic mass is 10.1. The fourth-order valence-corrected chi connectivity index (χ4v) is 3.43. The first-order chi connectivity index (χ1) is 12.5. The minimum atomic E-state index is -0.426. The zero-order valence-electron chi connectivity index (χ0n) is 15.2. The first-order valence-electron chi connectivity index (χ1n) is 9.19. The van der Waals surface area contributed by atoms with E-state index in [4.69, 9.17) is 4.74 Å². The molecule has 7 heteroatoms. The summed E-state index contributed by atoms with van der Waals surface area (Å²) in [5, 5.41) is 2.91. The number of morpholine rings is 1. The second-order valence-electron chi connectivity index (χ2n) is 6.96. The number of carbonyl (C=O) groups excluding carboxylic acids is 2. The Kier molecular flexibility index (Phi) is 6.21. The Labute approximate surface area is 153 Å². The average molecular weight is 363 g/mol. The van der Waals surface area contributed by atoms with Crippen LogP contribution in [0.2, 0.25) is 0 Å². The lowest BCUT2D eigenvalue weighted by molar-refractivity contribution is -0.126. The van der Waals surface area contributed by atoms with E-state index in [0.29, 0.717) is 6.54 Å². The highest BCUT2D eigenvalue weighted by atomic mass is 19.1. The maximum atomic E-state index is 14.1. The van der Waals surface area contributed by atoms with Crippen LogP contribution in [0.15, 0.2) is 18.2 Å². The molecule has 2 aliphatic heterocycles. The molecule has 2 saturated heterocycles. The van der Waals surface area contributed by atoms with Gasteiger partial charge in [-0.15, -0.1) is 0 Å². The summed E-state index contributed by atoms with van der Waals surface area (Å²) in [4.78, 5) is 28.3. The van der Waals surface area contributed by atoms with Crippen molar-refractivity contribution < 1.29 is 18.7 Å². The third-order valence-electron chi connectivity index (χ3n) is 4.94. The van der Waals surface area contributed by atoms with Crippen molar-refractivity contribution in [1.29, 1.82) is 0 Å². The number of hydrogen-bond donors (Lipinski definition) is 1. The second-order valence-corrected chi connectivity index (χ2v) is 6.96. The second kappa shape index (κ2) is 8.60. The molecule has 0 aliphatic carbocycles. The smallest absolute Gasteiger partial charge is 0.227 e. The van der Waals surface area contributed by atoms with Gasteiger partial charge in [0.15, 0.2) is 0 Å². The van der Waals surface area contributed by atoms with Crippen LogP contribution in [0.1, 0.15) is 18.4 Å². The SMILES string of the molecule is Cc1ccc(N2C[C@@H](C(=O)NCCCN3CCOCC3)CC2=O)c(F)c1. The lowest BCUT2D eigenvalue weighted by Crippen LogP contribution is -2.39. The third kappa shape index (κ3) is 4.59. The molecule has 2 fully saturated rings. The van der Waals surface area contributed by atoms with Crippen LogP contribution in [0.3, 0.4) is 0 Å². The van der Waals surface area contributed by atoms with Gasteiger partial charge in [-0.05, 0) is 37.6 Å². The number of amides is 2. The van der Waals surface area contributed by atoms with Gasteiger partial charge < -0.3 is 15.0 Å². The quantitative estimate of drug-likeness (QED) is 0.775. The topological polar surface area (TPSA) is 61.9 Å². The van der Waals surface area contributed by atoms with Crippen molar-refractivity contribution in [1.82, 2.24) is 10.2 Å². The van der Waals surface area contributed by atoms with E-state index in [1.54, 1.807) is 19.1 Å². The van der Waals surface area contributed by atoms with Gasteiger partial charge in [0.1, 0.15) is 5.82 Å². The Bertz CT molecular complexity index is 661. The van der Waals surface area contributed by atoms with Crippen molar-refractivity contribution in [2.24, 2.45) is 5.92 Å². The zero-order chi connectivity index (χ0) is 18.5. The molecular weight excluding hydrogens is 337 g/mol. The monoisotopic (exact) mass is 363 g/mol. The minimum Gasteiger partial charge on any atom is -0.379 e. The number of ether oxygens (including phenoxy) is 1. The summed E-state index contributed by atoms with van der Waals surface area (Å²) in [7, 11) is 0. The number of carbonyl (C=O) groups is 2. The molecule has 0 saturated carbocycles. The normalized spacial score (nSPS) is 21.2. The molecule has 142 valence electrons. The molecule has 0 aromatic heterocycles. The summed E-state index contributed by atoms with van der Waals surface area (Å²) < 4.78 is 19.4. The van der Waals surface area contributed by atoms with E-state index < -0.39 is 11.7 Å². The van der Waals surface area contributed by atoms with Gasteiger partial charge in [0.05, 0.1) is 24.8 Å². The van der Waals surface area contributed by atoms with Gasteiger partial charge in [-0.25, -0.2) is 4.39 Å². The number of benzene rings is 1. The Hall–Kier alpha value is -1.99. The van der Waals surface area contributed by atoms with Crippen LogP contribution in [-0.4, -0.2) is 62.7 Å². The van der Waals surface area contributed by atoms with Crippen molar-refractivity contribution in [3.05, 3.63) is 29.6 Å². The number of rotatable bonds is 6. The molecule has 2 aliphatic rings. The van der Waals surface area contributed by atoms with Crippen LogP contribution in [0.25, 0.3) is 0 Å². The lowest BCUT2D eigenvalue weighted by Gasteiger charge is -2.26. The Morgan fingerprint density at radius 2 is 2.12 bits per heavy atom. The van der Waals surface area contributed by atoms with E-state index in [2.05, 4.69) is 10.2 Å². The summed E-state index contributed by atoms with van der Waals surface area (Å²) >= 11 is 0. The highest BCUT2D eigenvalue weighted by molar-refractivity contribution is 6.00. The molecule has 1 aromatic carbocycles. The zero-order valence-corrected chi connectivity index (χ0v) is 15.2. The first-order valence-corrected chi connectivity index (χ1v) is 9.19. The van der Waals surface area contributed by atoms with Crippen molar-refractivity contribution in [3.63, 3.8) is 0 Å². The van der Waals surface area contributed by atoms with Crippen molar-refractivity contribution in [3.8, 4) is 0 Å². The molecule has 2 heterocycles. The number of nitrogens with one attached hydrogen (secondary N) is 1. The van der Waals surface area contributed by atoms with Crippen LogP contribution in [0.5, 0.6) is 0 Å². The number of nitrogens with zero attached hydrogens (tertiary/aromatic N) is 2. The molecule has 0 unspecified atom stereocenters. The molecule has 1 aromatic rings. The van der Waals surface area contributed by atoms with Gasteiger partial charge in [-0.1, -0.05) is 6.07 Å². The van der Waals surface area contributed by atoms with Gasteiger partial charge in [0.25, 0.3) is 0 Å². The van der Waals surface area contributed by atoms with Crippen LogP contribution in [0, 0.1) is 18.7 Å². The summed E-state index contributed by atoms with van der Waals surface area (Å²) in [6, 6.07) is 4.78. The molecule has 1 N–H and O–H groups in total. The molecular formula is C19H26FN3O3. The molecule has 0 bridgehead atoms. The standard InChI is InChI=1S/C19H26FN3O3/c1-14-3-4-17(16(20)11-14)23-13-15(12-18(23)24)19(25)21-5-2-6-22-7-9-26-10-8-22/h3-4,11,15H,2,5-10,12-13H2,1H3,(H,21,25)/t15-/m0/s1. The van der Waals surface area contributed by atoms with Gasteiger partial charge >= 0.3 is 0 Å². The van der Waals surface area contributed by atoms with E-state index in [1.165, 1.54) is 11.0 Å². The molecule has 6 nitrogen and oxygen atoms in total. The number of anilines is 1. The van der Waals surface area contributed by atoms with Crippen LogP contribution >= 0.6 is 0 Å². The number of hydrogen-bond acceptors (Lipinski definition) is 4. The largest absolute Gasteiger partial charge is 0.379 e. The van der Waals surface area contributed by atoms with Crippen LogP contribution in [-0.2, 0) is 14.3 Å². The Morgan fingerprint density at radius 3 is 2.85 bits per heavy atom. The van der Waals surface area contributed by atoms with Gasteiger partial charge in [0, 0.05) is 32.6 Å². The molecule has 0 radical (unpaired) electrons. The summed E-state index contributed by atoms with van der Waals surface area (Å²) in [5.41, 5.74) is 1.05. The summed E-state index contributed by atoms with van der Waals surface area (Å²) in [5.74, 6) is -1.19. The summed E-state index contributed by atoms with van der Waals surface area (Å²) in [6.07, 6.45) is 0.991. The van der Waals surface area contributed by atoms with Gasteiger partial charge in [0.2, 0.25) is 11.8 Å². The van der Waals surface area contributed by atoms with Crippen molar-refractivity contribution in [2.75, 3.05) is 50.8 Å². The van der Waals surface area contributed by atoms with Gasteiger partial charge in [-0.3, -0.25) is 14.5 Å².